The quantitative estimate of drug-likeness (QED) is 0.318. The van der Waals surface area contributed by atoms with Crippen molar-refractivity contribution in [3.8, 4) is 11.3 Å². The van der Waals surface area contributed by atoms with Gasteiger partial charge in [0.1, 0.15) is 12.5 Å². The number of sulfonamides is 1. The number of aromatic nitrogens is 2. The standard InChI is InChI=1S/C34H42F2N6O5S/c1-48(46,47)40-16-12-31-30(22-40)33(24-4-5-25(18-35)26(17-24)19-37-34(45)23-6-8-27(36)9-7-23)38-42(31)21-29(43)20-39-14-10-28(11-15-39)41-13-2-3-32(41)44/h4-9,17,28-29,43H,2-3,10-16,18-22H2,1H3,(H,37,45). The second-order valence-electron chi connectivity index (χ2n) is 13.0. The Morgan fingerprint density at radius 1 is 1.04 bits per heavy atom. The van der Waals surface area contributed by atoms with Crippen LogP contribution < -0.4 is 5.32 Å². The summed E-state index contributed by atoms with van der Waals surface area (Å²) in [6, 6.07) is 10.5. The van der Waals surface area contributed by atoms with Crippen molar-refractivity contribution in [1.82, 2.24) is 29.2 Å². The zero-order chi connectivity index (χ0) is 34.0. The molecule has 0 saturated carbocycles. The summed E-state index contributed by atoms with van der Waals surface area (Å²) in [6.07, 6.45) is 4.17. The first kappa shape index (κ1) is 34.2. The molecule has 0 spiro atoms. The molecular weight excluding hydrogens is 642 g/mol. The average Bonchev–Trinajstić information content (AvgIpc) is 3.66. The molecule has 1 aromatic heterocycles. The Morgan fingerprint density at radius 3 is 2.46 bits per heavy atom. The number of amides is 2. The maximum absolute atomic E-state index is 14.0. The van der Waals surface area contributed by atoms with Crippen molar-refractivity contribution in [1.29, 1.82) is 0 Å². The summed E-state index contributed by atoms with van der Waals surface area (Å²) >= 11 is 0. The topological polar surface area (TPSA) is 128 Å². The van der Waals surface area contributed by atoms with Crippen LogP contribution in [-0.2, 0) is 47.5 Å². The van der Waals surface area contributed by atoms with Crippen molar-refractivity contribution in [3.05, 3.63) is 76.2 Å². The molecule has 2 aromatic carbocycles. The van der Waals surface area contributed by atoms with E-state index in [0.29, 0.717) is 41.8 Å². The molecule has 258 valence electrons. The number of β-amino-alcohol motifs (C(OH)–C–C–N with tert-alkyl or cyclic N) is 1. The number of nitrogens with zero attached hydrogens (tertiary/aromatic N) is 5. The molecule has 1 unspecified atom stereocenters. The van der Waals surface area contributed by atoms with Crippen molar-refractivity contribution < 1.29 is 31.9 Å². The minimum atomic E-state index is -3.49. The lowest BCUT2D eigenvalue weighted by atomic mass is 9.98. The Balaban J connectivity index is 1.20. The number of aliphatic hydroxyl groups is 1. The number of fused-ring (bicyclic) bond motifs is 1. The number of rotatable bonds is 11. The summed E-state index contributed by atoms with van der Waals surface area (Å²) in [5.74, 6) is -0.651. The molecule has 2 N–H and O–H groups in total. The summed E-state index contributed by atoms with van der Waals surface area (Å²) in [5, 5.41) is 18.9. The van der Waals surface area contributed by atoms with E-state index >= 15 is 0 Å². The fourth-order valence-electron chi connectivity index (χ4n) is 7.10. The molecule has 1 atom stereocenters. The number of halogens is 2. The van der Waals surface area contributed by atoms with Gasteiger partial charge in [-0.15, -0.1) is 0 Å². The predicted octanol–water partition coefficient (Wildman–Crippen LogP) is 2.85. The van der Waals surface area contributed by atoms with Gasteiger partial charge >= 0.3 is 0 Å². The van der Waals surface area contributed by atoms with E-state index in [1.54, 1.807) is 22.9 Å². The Bertz CT molecular complexity index is 1760. The van der Waals surface area contributed by atoms with Gasteiger partial charge < -0.3 is 20.2 Å². The van der Waals surface area contributed by atoms with Crippen LogP contribution in [0.25, 0.3) is 11.3 Å². The van der Waals surface area contributed by atoms with Crippen LogP contribution in [0.2, 0.25) is 0 Å². The van der Waals surface area contributed by atoms with Gasteiger partial charge in [-0.1, -0.05) is 12.1 Å². The van der Waals surface area contributed by atoms with E-state index in [-0.39, 0.29) is 43.7 Å². The SMILES string of the molecule is CS(=O)(=O)N1CCc2c(c(-c3ccc(CF)c(CNC(=O)c4ccc(F)cc4)c3)nn2CC(O)CN2CCC(N3CCCC3=O)CC2)C1. The molecule has 3 aliphatic rings. The maximum Gasteiger partial charge on any atom is 0.251 e. The lowest BCUT2D eigenvalue weighted by molar-refractivity contribution is -0.130. The summed E-state index contributed by atoms with van der Waals surface area (Å²) in [5.41, 5.74) is 3.93. The molecule has 48 heavy (non-hydrogen) atoms. The lowest BCUT2D eigenvalue weighted by Gasteiger charge is -2.37. The van der Waals surface area contributed by atoms with E-state index in [4.69, 9.17) is 5.10 Å². The molecule has 2 amide bonds. The molecule has 0 bridgehead atoms. The average molecular weight is 685 g/mol. The van der Waals surface area contributed by atoms with Crippen molar-refractivity contribution in [2.75, 3.05) is 39.0 Å². The number of likely N-dealkylation sites (tertiary alicyclic amines) is 2. The van der Waals surface area contributed by atoms with Gasteiger partial charge in [-0.25, -0.2) is 17.2 Å². The van der Waals surface area contributed by atoms with E-state index in [0.717, 1.165) is 50.2 Å². The zero-order valence-electron chi connectivity index (χ0n) is 27.1. The van der Waals surface area contributed by atoms with Gasteiger partial charge in [-0.2, -0.15) is 9.40 Å². The fourth-order valence-corrected chi connectivity index (χ4v) is 7.89. The molecule has 0 aliphatic carbocycles. The third-order valence-corrected chi connectivity index (χ3v) is 10.9. The summed E-state index contributed by atoms with van der Waals surface area (Å²) < 4.78 is 55.6. The van der Waals surface area contributed by atoms with Crippen LogP contribution in [0.5, 0.6) is 0 Å². The highest BCUT2D eigenvalue weighted by Gasteiger charge is 2.33. The number of aliphatic hydroxyl groups excluding tert-OH is 1. The van der Waals surface area contributed by atoms with E-state index in [1.165, 1.54) is 34.8 Å². The number of hydrogen-bond acceptors (Lipinski definition) is 7. The predicted molar refractivity (Wildman–Crippen MR) is 175 cm³/mol. The number of nitrogens with one attached hydrogen (secondary N) is 1. The smallest absolute Gasteiger partial charge is 0.251 e. The Labute approximate surface area is 279 Å². The molecular formula is C34H42F2N6O5S. The third kappa shape index (κ3) is 7.61. The van der Waals surface area contributed by atoms with E-state index in [2.05, 4.69) is 10.2 Å². The first-order chi connectivity index (χ1) is 23.0. The second-order valence-corrected chi connectivity index (χ2v) is 15.0. The highest BCUT2D eigenvalue weighted by molar-refractivity contribution is 7.88. The highest BCUT2D eigenvalue weighted by Crippen LogP contribution is 2.33. The summed E-state index contributed by atoms with van der Waals surface area (Å²) in [7, 11) is -3.49. The largest absolute Gasteiger partial charge is 0.390 e. The number of carbonyl (C=O) groups is 2. The van der Waals surface area contributed by atoms with Crippen molar-refractivity contribution >= 4 is 21.8 Å². The molecule has 3 aliphatic heterocycles. The van der Waals surface area contributed by atoms with Gasteiger partial charge in [-0.05, 0) is 60.7 Å². The number of hydrogen-bond donors (Lipinski definition) is 2. The molecule has 2 saturated heterocycles. The summed E-state index contributed by atoms with van der Waals surface area (Å²) in [4.78, 5) is 29.1. The van der Waals surface area contributed by atoms with Gasteiger partial charge in [0.2, 0.25) is 15.9 Å². The first-order valence-electron chi connectivity index (χ1n) is 16.5. The molecule has 6 rings (SSSR count). The van der Waals surface area contributed by atoms with Crippen LogP contribution in [0.15, 0.2) is 42.5 Å². The molecule has 11 nitrogen and oxygen atoms in total. The lowest BCUT2D eigenvalue weighted by Crippen LogP contribution is -2.47. The Morgan fingerprint density at radius 2 is 1.79 bits per heavy atom. The van der Waals surface area contributed by atoms with E-state index in [9.17, 15) is 31.9 Å². The van der Waals surface area contributed by atoms with E-state index < -0.39 is 34.5 Å². The van der Waals surface area contributed by atoms with Crippen LogP contribution in [0.3, 0.4) is 0 Å². The monoisotopic (exact) mass is 684 g/mol. The molecule has 14 heteroatoms. The van der Waals surface area contributed by atoms with Crippen molar-refractivity contribution in [2.45, 2.75) is 70.6 Å². The van der Waals surface area contributed by atoms with Crippen LogP contribution in [0.4, 0.5) is 8.78 Å². The molecule has 2 fully saturated rings. The number of alkyl halides is 1. The van der Waals surface area contributed by atoms with Gasteiger partial charge in [0, 0.05) is 87.1 Å². The van der Waals surface area contributed by atoms with Crippen LogP contribution in [0, 0.1) is 5.82 Å². The number of benzene rings is 2. The highest BCUT2D eigenvalue weighted by atomic mass is 32.2. The number of carbonyl (C=O) groups excluding carboxylic acids is 2. The molecule has 0 radical (unpaired) electrons. The minimum Gasteiger partial charge on any atom is -0.390 e. The van der Waals surface area contributed by atoms with Gasteiger partial charge in [0.15, 0.2) is 0 Å². The third-order valence-electron chi connectivity index (χ3n) is 9.70. The Hall–Kier alpha value is -3.72. The van der Waals surface area contributed by atoms with Gasteiger partial charge in [0.25, 0.3) is 5.91 Å². The number of piperidine rings is 1. The first-order valence-corrected chi connectivity index (χ1v) is 18.3. The van der Waals surface area contributed by atoms with Crippen molar-refractivity contribution in [3.63, 3.8) is 0 Å². The Kier molecular flexibility index (Phi) is 10.3. The van der Waals surface area contributed by atoms with E-state index in [1.807, 2.05) is 4.90 Å². The van der Waals surface area contributed by atoms with Crippen LogP contribution in [-0.4, -0.2) is 100 Å². The van der Waals surface area contributed by atoms with Gasteiger partial charge in [0.05, 0.1) is 24.6 Å². The molecule has 4 heterocycles. The van der Waals surface area contributed by atoms with Crippen LogP contribution >= 0.6 is 0 Å². The van der Waals surface area contributed by atoms with Crippen LogP contribution in [0.1, 0.15) is 58.4 Å². The fraction of sp³-hybridized carbons (Fsp3) is 0.500. The molecule has 3 aromatic rings. The van der Waals surface area contributed by atoms with Crippen molar-refractivity contribution in [2.24, 2.45) is 0 Å². The zero-order valence-corrected chi connectivity index (χ0v) is 27.9. The van der Waals surface area contributed by atoms with Gasteiger partial charge in [-0.3, -0.25) is 14.3 Å². The maximum atomic E-state index is 14.0. The normalized spacial score (nSPS) is 18.7. The summed E-state index contributed by atoms with van der Waals surface area (Å²) in [6.45, 7) is 2.74. The minimum absolute atomic E-state index is 0.0169. The second kappa shape index (κ2) is 14.4.